The molecule has 2 N–H and O–H groups in total. The standard InChI is InChI=1S/C18H24N4/c1-12-5-9-14(10-6-12)19-16-11-15(13-7-8-13)20-17(21-16)22-18(2,3)4/h5-6,9-11,13H,7-8H2,1-4H3,(H2,19,20,21,22). The number of nitrogens with one attached hydrogen (secondary N) is 2. The Morgan fingerprint density at radius 3 is 2.32 bits per heavy atom. The van der Waals surface area contributed by atoms with Crippen molar-refractivity contribution in [1.82, 2.24) is 9.97 Å². The van der Waals surface area contributed by atoms with Crippen molar-refractivity contribution in [2.45, 2.75) is 52.0 Å². The first-order valence-corrected chi connectivity index (χ1v) is 7.90. The molecule has 4 nitrogen and oxygen atoms in total. The Hall–Kier alpha value is -2.10. The molecule has 0 aliphatic heterocycles. The van der Waals surface area contributed by atoms with Crippen LogP contribution in [0.2, 0.25) is 0 Å². The molecule has 1 heterocycles. The van der Waals surface area contributed by atoms with E-state index in [0.717, 1.165) is 17.2 Å². The normalized spacial score (nSPS) is 14.7. The summed E-state index contributed by atoms with van der Waals surface area (Å²) < 4.78 is 0. The molecule has 1 aromatic heterocycles. The summed E-state index contributed by atoms with van der Waals surface area (Å²) in [4.78, 5) is 9.29. The third-order valence-electron chi connectivity index (χ3n) is 3.55. The van der Waals surface area contributed by atoms with Crippen LogP contribution in [-0.4, -0.2) is 15.5 Å². The Bertz CT molecular complexity index is 652. The zero-order valence-corrected chi connectivity index (χ0v) is 13.8. The molecule has 0 unspecified atom stereocenters. The van der Waals surface area contributed by atoms with Crippen molar-refractivity contribution in [2.75, 3.05) is 10.6 Å². The minimum atomic E-state index is -0.0523. The highest BCUT2D eigenvalue weighted by molar-refractivity contribution is 5.58. The van der Waals surface area contributed by atoms with Gasteiger partial charge in [0.2, 0.25) is 5.95 Å². The second-order valence-corrected chi connectivity index (χ2v) is 7.14. The lowest BCUT2D eigenvalue weighted by Crippen LogP contribution is -2.27. The number of anilines is 3. The van der Waals surface area contributed by atoms with Crippen LogP contribution in [0, 0.1) is 6.92 Å². The van der Waals surface area contributed by atoms with Gasteiger partial charge in [0.05, 0.1) is 5.69 Å². The highest BCUT2D eigenvalue weighted by atomic mass is 15.2. The predicted octanol–water partition coefficient (Wildman–Crippen LogP) is 4.62. The Morgan fingerprint density at radius 2 is 1.73 bits per heavy atom. The fraction of sp³-hybridized carbons (Fsp3) is 0.444. The molecule has 116 valence electrons. The summed E-state index contributed by atoms with van der Waals surface area (Å²) in [6.45, 7) is 8.44. The van der Waals surface area contributed by atoms with Gasteiger partial charge in [0, 0.05) is 23.2 Å². The zero-order chi connectivity index (χ0) is 15.7. The maximum absolute atomic E-state index is 4.67. The lowest BCUT2D eigenvalue weighted by Gasteiger charge is -2.21. The van der Waals surface area contributed by atoms with Crippen LogP contribution in [0.15, 0.2) is 30.3 Å². The van der Waals surface area contributed by atoms with Crippen molar-refractivity contribution in [3.8, 4) is 0 Å². The highest BCUT2D eigenvalue weighted by Crippen LogP contribution is 2.40. The summed E-state index contributed by atoms with van der Waals surface area (Å²) in [7, 11) is 0. The Balaban J connectivity index is 1.87. The summed E-state index contributed by atoms with van der Waals surface area (Å²) in [5.74, 6) is 2.15. The Labute approximate surface area is 132 Å². The van der Waals surface area contributed by atoms with Crippen molar-refractivity contribution in [2.24, 2.45) is 0 Å². The molecule has 22 heavy (non-hydrogen) atoms. The molecule has 1 aromatic carbocycles. The molecule has 0 spiro atoms. The number of nitrogens with zero attached hydrogens (tertiary/aromatic N) is 2. The third-order valence-corrected chi connectivity index (χ3v) is 3.55. The summed E-state index contributed by atoms with van der Waals surface area (Å²) in [5.41, 5.74) is 3.38. The van der Waals surface area contributed by atoms with Gasteiger partial charge in [-0.2, -0.15) is 4.98 Å². The van der Waals surface area contributed by atoms with E-state index in [4.69, 9.17) is 0 Å². The van der Waals surface area contributed by atoms with Crippen LogP contribution in [0.1, 0.15) is 50.8 Å². The van der Waals surface area contributed by atoms with Gasteiger partial charge in [-0.05, 0) is 52.7 Å². The summed E-state index contributed by atoms with van der Waals surface area (Å²) in [6, 6.07) is 10.4. The van der Waals surface area contributed by atoms with E-state index in [9.17, 15) is 0 Å². The van der Waals surface area contributed by atoms with E-state index in [1.54, 1.807) is 0 Å². The van der Waals surface area contributed by atoms with E-state index >= 15 is 0 Å². The minimum Gasteiger partial charge on any atom is -0.350 e. The number of rotatable bonds is 4. The van der Waals surface area contributed by atoms with Crippen LogP contribution in [-0.2, 0) is 0 Å². The largest absolute Gasteiger partial charge is 0.350 e. The van der Waals surface area contributed by atoms with Gasteiger partial charge in [-0.1, -0.05) is 17.7 Å². The average Bonchev–Trinajstić information content (AvgIpc) is 3.23. The molecule has 4 heteroatoms. The van der Waals surface area contributed by atoms with Gasteiger partial charge in [0.25, 0.3) is 0 Å². The van der Waals surface area contributed by atoms with Gasteiger partial charge in [-0.3, -0.25) is 0 Å². The fourth-order valence-corrected chi connectivity index (χ4v) is 2.29. The number of aryl methyl sites for hydroxylation is 1. The maximum Gasteiger partial charge on any atom is 0.225 e. The molecule has 0 amide bonds. The van der Waals surface area contributed by atoms with Crippen LogP contribution < -0.4 is 10.6 Å². The van der Waals surface area contributed by atoms with Gasteiger partial charge >= 0.3 is 0 Å². The minimum absolute atomic E-state index is 0.0523. The van der Waals surface area contributed by atoms with E-state index in [2.05, 4.69) is 78.6 Å². The molecule has 1 aliphatic carbocycles. The van der Waals surface area contributed by atoms with Gasteiger partial charge in [0.1, 0.15) is 5.82 Å². The molecule has 1 fully saturated rings. The van der Waals surface area contributed by atoms with Crippen molar-refractivity contribution < 1.29 is 0 Å². The summed E-state index contributed by atoms with van der Waals surface area (Å²) in [5, 5.41) is 6.77. The van der Waals surface area contributed by atoms with Crippen molar-refractivity contribution in [3.63, 3.8) is 0 Å². The lowest BCUT2D eigenvalue weighted by atomic mass is 10.1. The number of hydrogen-bond acceptors (Lipinski definition) is 4. The molecule has 3 rings (SSSR count). The van der Waals surface area contributed by atoms with E-state index in [-0.39, 0.29) is 5.54 Å². The third kappa shape index (κ3) is 3.97. The number of aromatic nitrogens is 2. The van der Waals surface area contributed by atoms with Gasteiger partial charge in [0.15, 0.2) is 0 Å². The first-order valence-electron chi connectivity index (χ1n) is 7.90. The molecule has 0 atom stereocenters. The van der Waals surface area contributed by atoms with Crippen LogP contribution >= 0.6 is 0 Å². The Kier molecular flexibility index (Phi) is 3.77. The average molecular weight is 296 g/mol. The van der Waals surface area contributed by atoms with E-state index in [1.165, 1.54) is 18.4 Å². The smallest absolute Gasteiger partial charge is 0.225 e. The number of benzene rings is 1. The zero-order valence-electron chi connectivity index (χ0n) is 13.8. The number of hydrogen-bond donors (Lipinski definition) is 2. The van der Waals surface area contributed by atoms with Gasteiger partial charge in [-0.25, -0.2) is 4.98 Å². The molecule has 1 aliphatic rings. The highest BCUT2D eigenvalue weighted by Gasteiger charge is 2.26. The lowest BCUT2D eigenvalue weighted by molar-refractivity contribution is 0.625. The molecule has 0 saturated heterocycles. The van der Waals surface area contributed by atoms with Crippen molar-refractivity contribution >= 4 is 17.5 Å². The monoisotopic (exact) mass is 296 g/mol. The van der Waals surface area contributed by atoms with E-state index < -0.39 is 0 Å². The van der Waals surface area contributed by atoms with E-state index in [0.29, 0.717) is 11.9 Å². The second kappa shape index (κ2) is 5.59. The van der Waals surface area contributed by atoms with Crippen LogP contribution in [0.3, 0.4) is 0 Å². The maximum atomic E-state index is 4.67. The quantitative estimate of drug-likeness (QED) is 0.864. The SMILES string of the molecule is Cc1ccc(Nc2cc(C3CC3)nc(NC(C)(C)C)n2)cc1. The topological polar surface area (TPSA) is 49.8 Å². The van der Waals surface area contributed by atoms with Gasteiger partial charge < -0.3 is 10.6 Å². The summed E-state index contributed by atoms with van der Waals surface area (Å²) in [6.07, 6.45) is 2.46. The molecular formula is C18H24N4. The molecule has 1 saturated carbocycles. The van der Waals surface area contributed by atoms with E-state index in [1.807, 2.05) is 0 Å². The first-order chi connectivity index (χ1) is 10.4. The van der Waals surface area contributed by atoms with Crippen molar-refractivity contribution in [3.05, 3.63) is 41.6 Å². The predicted molar refractivity (Wildman–Crippen MR) is 91.8 cm³/mol. The van der Waals surface area contributed by atoms with Crippen LogP contribution in [0.5, 0.6) is 0 Å². The second-order valence-electron chi connectivity index (χ2n) is 7.14. The van der Waals surface area contributed by atoms with Crippen LogP contribution in [0.25, 0.3) is 0 Å². The summed E-state index contributed by atoms with van der Waals surface area (Å²) >= 11 is 0. The van der Waals surface area contributed by atoms with Crippen molar-refractivity contribution in [1.29, 1.82) is 0 Å². The fourth-order valence-electron chi connectivity index (χ4n) is 2.29. The molecular weight excluding hydrogens is 272 g/mol. The first kappa shape index (κ1) is 14.8. The van der Waals surface area contributed by atoms with Crippen LogP contribution in [0.4, 0.5) is 17.5 Å². The van der Waals surface area contributed by atoms with Gasteiger partial charge in [-0.15, -0.1) is 0 Å². The Morgan fingerprint density at radius 1 is 1.05 bits per heavy atom. The molecule has 2 aromatic rings. The molecule has 0 bridgehead atoms. The molecule has 0 radical (unpaired) electrons.